The number of nitroso groups, excluding NO2 is 1. The molecule has 0 unspecified atom stereocenters. The average Bonchev–Trinajstić information content (AvgIpc) is 2.86. The molecule has 0 saturated heterocycles. The van der Waals surface area contributed by atoms with E-state index in [1.165, 1.54) is 17.5 Å². The van der Waals surface area contributed by atoms with Gasteiger partial charge in [-0.25, -0.2) is 0 Å². The van der Waals surface area contributed by atoms with E-state index in [2.05, 4.69) is 22.0 Å². The van der Waals surface area contributed by atoms with Crippen LogP contribution in [-0.4, -0.2) is 24.5 Å². The number of amides is 1. The lowest BCUT2D eigenvalue weighted by Crippen LogP contribution is -2.32. The zero-order valence-corrected chi connectivity index (χ0v) is 10.3. The van der Waals surface area contributed by atoms with Gasteiger partial charge >= 0.3 is 0 Å². The van der Waals surface area contributed by atoms with E-state index in [1.807, 2.05) is 0 Å². The lowest BCUT2D eigenvalue weighted by atomic mass is 10.3. The number of hydrogen-bond donors (Lipinski definition) is 2. The molecule has 1 aromatic heterocycles. The Morgan fingerprint density at radius 3 is 3.18 bits per heavy atom. The zero-order valence-electron chi connectivity index (χ0n) is 9.52. The lowest BCUT2D eigenvalue weighted by Gasteiger charge is -2.08. The van der Waals surface area contributed by atoms with E-state index < -0.39 is 0 Å². The Kier molecular flexibility index (Phi) is 3.70. The minimum Gasteiger partial charge on any atom is -0.350 e. The zero-order chi connectivity index (χ0) is 12.3. The van der Waals surface area contributed by atoms with Crippen LogP contribution in [0.1, 0.15) is 15.3 Å². The first-order valence-electron chi connectivity index (χ1n) is 5.31. The third kappa shape index (κ3) is 3.01. The molecule has 0 spiro atoms. The van der Waals surface area contributed by atoms with Crippen molar-refractivity contribution in [3.8, 4) is 0 Å². The standard InChI is InChI=1S/C10H14N4O2S/c1-14(13-16)6-10(15)12-4-8-2-7-3-11-5-9(7)17-8/h2,11H,3-6H2,1H3,(H,12,15). The fraction of sp³-hybridized carbons (Fsp3) is 0.500. The highest BCUT2D eigenvalue weighted by molar-refractivity contribution is 7.12. The van der Waals surface area contributed by atoms with Crippen molar-refractivity contribution in [2.24, 2.45) is 5.29 Å². The second-order valence-electron chi connectivity index (χ2n) is 3.94. The van der Waals surface area contributed by atoms with Crippen molar-refractivity contribution in [3.05, 3.63) is 26.3 Å². The molecule has 1 aliphatic heterocycles. The molecule has 2 N–H and O–H groups in total. The topological polar surface area (TPSA) is 73.8 Å². The van der Waals surface area contributed by atoms with Gasteiger partial charge in [0.05, 0.1) is 11.8 Å². The van der Waals surface area contributed by atoms with Crippen molar-refractivity contribution < 1.29 is 4.79 Å². The quantitative estimate of drug-likeness (QED) is 0.595. The summed E-state index contributed by atoms with van der Waals surface area (Å²) in [5.41, 5.74) is 1.32. The van der Waals surface area contributed by atoms with Crippen molar-refractivity contribution in [1.82, 2.24) is 15.6 Å². The molecule has 1 aliphatic rings. The highest BCUT2D eigenvalue weighted by Gasteiger charge is 2.14. The molecule has 7 heteroatoms. The van der Waals surface area contributed by atoms with Crippen LogP contribution in [0.5, 0.6) is 0 Å². The first-order valence-corrected chi connectivity index (χ1v) is 6.13. The molecule has 0 saturated carbocycles. The van der Waals surface area contributed by atoms with Gasteiger partial charge in [0.15, 0.2) is 0 Å². The molecule has 1 aromatic rings. The molecule has 17 heavy (non-hydrogen) atoms. The van der Waals surface area contributed by atoms with Crippen LogP contribution >= 0.6 is 11.3 Å². The maximum atomic E-state index is 11.4. The summed E-state index contributed by atoms with van der Waals surface area (Å²) in [5, 5.41) is 9.73. The van der Waals surface area contributed by atoms with Crippen LogP contribution in [0.15, 0.2) is 11.4 Å². The van der Waals surface area contributed by atoms with E-state index in [0.717, 1.165) is 23.0 Å². The first-order chi connectivity index (χ1) is 8.19. The largest absolute Gasteiger partial charge is 0.350 e. The van der Waals surface area contributed by atoms with Gasteiger partial charge in [-0.15, -0.1) is 16.2 Å². The summed E-state index contributed by atoms with van der Waals surface area (Å²) in [7, 11) is 1.47. The van der Waals surface area contributed by atoms with Crippen LogP contribution in [0.25, 0.3) is 0 Å². The molecule has 0 radical (unpaired) electrons. The maximum absolute atomic E-state index is 11.4. The molecule has 0 aliphatic carbocycles. The Balaban J connectivity index is 1.81. The van der Waals surface area contributed by atoms with Crippen LogP contribution in [0.4, 0.5) is 0 Å². The predicted octanol–water partition coefficient (Wildman–Crippen LogP) is 0.581. The minimum atomic E-state index is -0.196. The van der Waals surface area contributed by atoms with Crippen LogP contribution in [-0.2, 0) is 24.4 Å². The number of thiophene rings is 1. The average molecular weight is 254 g/mol. The summed E-state index contributed by atoms with van der Waals surface area (Å²) in [6.45, 7) is 2.35. The monoisotopic (exact) mass is 254 g/mol. The minimum absolute atomic E-state index is 0.00382. The number of rotatable bonds is 5. The molecule has 0 aromatic carbocycles. The van der Waals surface area contributed by atoms with Crippen LogP contribution in [0, 0.1) is 4.91 Å². The Morgan fingerprint density at radius 1 is 1.65 bits per heavy atom. The van der Waals surface area contributed by atoms with Crippen molar-refractivity contribution >= 4 is 17.2 Å². The van der Waals surface area contributed by atoms with E-state index in [-0.39, 0.29) is 12.5 Å². The Labute approximate surface area is 103 Å². The van der Waals surface area contributed by atoms with Gasteiger partial charge < -0.3 is 10.6 Å². The number of nitrogens with zero attached hydrogens (tertiary/aromatic N) is 2. The van der Waals surface area contributed by atoms with Crippen molar-refractivity contribution in [2.75, 3.05) is 13.6 Å². The number of hydrogen-bond acceptors (Lipinski definition) is 5. The van der Waals surface area contributed by atoms with Crippen molar-refractivity contribution in [2.45, 2.75) is 19.6 Å². The number of likely N-dealkylation sites (N-methyl/N-ethyl adjacent to an activating group) is 1. The molecule has 0 bridgehead atoms. The molecule has 0 fully saturated rings. The van der Waals surface area contributed by atoms with Crippen LogP contribution in [0.2, 0.25) is 0 Å². The van der Waals surface area contributed by atoms with Gasteiger partial charge in [-0.1, -0.05) is 0 Å². The van der Waals surface area contributed by atoms with E-state index in [4.69, 9.17) is 0 Å². The van der Waals surface area contributed by atoms with Gasteiger partial charge in [0.25, 0.3) is 0 Å². The Hall–Kier alpha value is -1.47. The van der Waals surface area contributed by atoms with Gasteiger partial charge in [0.1, 0.15) is 6.54 Å². The van der Waals surface area contributed by atoms with E-state index >= 15 is 0 Å². The smallest absolute Gasteiger partial charge is 0.241 e. The molecule has 6 nitrogen and oxygen atoms in total. The summed E-state index contributed by atoms with van der Waals surface area (Å²) >= 11 is 1.71. The predicted molar refractivity (Wildman–Crippen MR) is 65.1 cm³/mol. The number of nitrogens with one attached hydrogen (secondary N) is 2. The molecule has 92 valence electrons. The number of carbonyl (C=O) groups excluding carboxylic acids is 1. The van der Waals surface area contributed by atoms with Crippen LogP contribution < -0.4 is 10.6 Å². The lowest BCUT2D eigenvalue weighted by molar-refractivity contribution is -0.122. The van der Waals surface area contributed by atoms with Gasteiger partial charge in [-0.05, 0) is 11.6 Å². The van der Waals surface area contributed by atoms with Gasteiger partial charge in [-0.3, -0.25) is 9.80 Å². The van der Waals surface area contributed by atoms with E-state index in [1.54, 1.807) is 11.3 Å². The third-order valence-corrected chi connectivity index (χ3v) is 3.70. The third-order valence-electron chi connectivity index (χ3n) is 2.52. The number of carbonyl (C=O) groups is 1. The van der Waals surface area contributed by atoms with Crippen LogP contribution in [0.3, 0.4) is 0 Å². The van der Waals surface area contributed by atoms with Crippen molar-refractivity contribution in [1.29, 1.82) is 0 Å². The van der Waals surface area contributed by atoms with E-state index in [0.29, 0.717) is 6.54 Å². The summed E-state index contributed by atoms with van der Waals surface area (Å²) < 4.78 is 0. The Bertz CT molecular complexity index is 410. The summed E-state index contributed by atoms with van der Waals surface area (Å²) in [6.07, 6.45) is 0. The van der Waals surface area contributed by atoms with Gasteiger partial charge in [0, 0.05) is 29.9 Å². The second kappa shape index (κ2) is 5.24. The molecular weight excluding hydrogens is 240 g/mol. The molecule has 0 atom stereocenters. The highest BCUT2D eigenvalue weighted by atomic mass is 32.1. The number of fused-ring (bicyclic) bond motifs is 1. The molecule has 2 heterocycles. The van der Waals surface area contributed by atoms with E-state index in [9.17, 15) is 9.70 Å². The SMILES string of the molecule is CN(CC(=O)NCc1cc2c(s1)CNC2)N=O. The fourth-order valence-electron chi connectivity index (χ4n) is 1.70. The van der Waals surface area contributed by atoms with Gasteiger partial charge in [-0.2, -0.15) is 0 Å². The normalized spacial score (nSPS) is 13.2. The molecular formula is C10H14N4O2S. The second-order valence-corrected chi connectivity index (χ2v) is 5.16. The first kappa shape index (κ1) is 12.0. The summed E-state index contributed by atoms with van der Waals surface area (Å²) in [4.78, 5) is 24.0. The van der Waals surface area contributed by atoms with Crippen molar-refractivity contribution in [3.63, 3.8) is 0 Å². The summed E-state index contributed by atoms with van der Waals surface area (Å²) in [6, 6.07) is 2.11. The molecule has 2 rings (SSSR count). The Morgan fingerprint density at radius 2 is 2.47 bits per heavy atom. The fourth-order valence-corrected chi connectivity index (χ4v) is 2.80. The maximum Gasteiger partial charge on any atom is 0.241 e. The summed E-state index contributed by atoms with van der Waals surface area (Å²) in [5.74, 6) is -0.196. The highest BCUT2D eigenvalue weighted by Crippen LogP contribution is 2.25. The van der Waals surface area contributed by atoms with Gasteiger partial charge in [0.2, 0.25) is 5.91 Å². The molecule has 1 amide bonds.